The van der Waals surface area contributed by atoms with Crippen LogP contribution in [0.4, 0.5) is 10.1 Å². The molecule has 0 bridgehead atoms. The van der Waals surface area contributed by atoms with Crippen LogP contribution in [0.1, 0.15) is 56.6 Å². The molecule has 202 valence electrons. The summed E-state index contributed by atoms with van der Waals surface area (Å²) in [6.45, 7) is 3.65. The van der Waals surface area contributed by atoms with Crippen molar-refractivity contribution in [2.24, 2.45) is 0 Å². The Balaban J connectivity index is 1.73. The van der Waals surface area contributed by atoms with Gasteiger partial charge in [0.2, 0.25) is 21.8 Å². The molecule has 2 aromatic carbocycles. The fraction of sp³-hybridized carbons (Fsp3) is 0.481. The number of carbonyl (C=O) groups excluding carboxylic acids is 2. The quantitative estimate of drug-likeness (QED) is 0.434. The molecule has 0 saturated heterocycles. The average molecular weight is 552 g/mol. The number of hydrogen-bond donors (Lipinski definition) is 1. The minimum atomic E-state index is -3.62. The predicted molar refractivity (Wildman–Crippen MR) is 144 cm³/mol. The van der Waals surface area contributed by atoms with Crippen molar-refractivity contribution in [2.45, 2.75) is 71.0 Å². The van der Waals surface area contributed by atoms with Crippen molar-refractivity contribution in [1.82, 2.24) is 10.2 Å². The lowest BCUT2D eigenvalue weighted by Gasteiger charge is -2.30. The topological polar surface area (TPSA) is 86.8 Å². The molecule has 3 rings (SSSR count). The summed E-state index contributed by atoms with van der Waals surface area (Å²) in [6, 6.07) is 10.2. The van der Waals surface area contributed by atoms with Gasteiger partial charge < -0.3 is 10.2 Å². The Morgan fingerprint density at radius 1 is 1.14 bits per heavy atom. The van der Waals surface area contributed by atoms with Gasteiger partial charge in [-0.2, -0.15) is 0 Å². The van der Waals surface area contributed by atoms with E-state index in [1.54, 1.807) is 44.2 Å². The van der Waals surface area contributed by atoms with E-state index in [4.69, 9.17) is 11.6 Å². The lowest BCUT2D eigenvalue weighted by atomic mass is 10.1. The Bertz CT molecular complexity index is 1200. The highest BCUT2D eigenvalue weighted by Gasteiger charge is 2.29. The van der Waals surface area contributed by atoms with Gasteiger partial charge in [-0.05, 0) is 68.5 Å². The molecule has 2 aromatic rings. The second-order valence-corrected chi connectivity index (χ2v) is 12.0. The van der Waals surface area contributed by atoms with Gasteiger partial charge in [-0.3, -0.25) is 13.9 Å². The molecular formula is C27H35ClFN3O4S. The van der Waals surface area contributed by atoms with Crippen LogP contribution in [0.3, 0.4) is 0 Å². The van der Waals surface area contributed by atoms with Crippen LogP contribution < -0.4 is 9.62 Å². The van der Waals surface area contributed by atoms with E-state index in [0.717, 1.165) is 31.9 Å². The van der Waals surface area contributed by atoms with E-state index in [1.165, 1.54) is 21.3 Å². The molecule has 0 spiro atoms. The largest absolute Gasteiger partial charge is 0.352 e. The number of hydrogen-bond acceptors (Lipinski definition) is 4. The Kier molecular flexibility index (Phi) is 9.95. The molecular weight excluding hydrogens is 517 g/mol. The molecule has 10 heteroatoms. The molecule has 37 heavy (non-hydrogen) atoms. The van der Waals surface area contributed by atoms with E-state index >= 15 is 0 Å². The minimum Gasteiger partial charge on any atom is -0.352 e. The van der Waals surface area contributed by atoms with Crippen LogP contribution in [0.2, 0.25) is 5.02 Å². The number of nitrogens with one attached hydrogen (secondary N) is 1. The first-order valence-corrected chi connectivity index (χ1v) is 14.8. The van der Waals surface area contributed by atoms with E-state index in [1.807, 2.05) is 0 Å². The molecule has 0 heterocycles. The molecule has 0 aromatic heterocycles. The number of nitrogens with zero attached hydrogens (tertiary/aromatic N) is 2. The van der Waals surface area contributed by atoms with Crippen molar-refractivity contribution >= 4 is 39.1 Å². The summed E-state index contributed by atoms with van der Waals surface area (Å²) >= 11 is 6.20. The summed E-state index contributed by atoms with van der Waals surface area (Å²) < 4.78 is 39.8. The third-order valence-electron chi connectivity index (χ3n) is 6.79. The molecule has 0 radical (unpaired) electrons. The standard InChI is InChI=1S/C27H35ClFN3O4S/c1-19-24(28)10-6-11-25(19)32(37(3,35)36)17-7-12-26(33)31(18-21-13-15-22(29)16-14-21)20(2)27(34)30-23-8-4-5-9-23/h6,10-11,13-16,20,23H,4-5,7-9,12,17-18H2,1-3H3,(H,30,34)/t20-/m1/s1. The summed E-state index contributed by atoms with van der Waals surface area (Å²) in [4.78, 5) is 27.8. The van der Waals surface area contributed by atoms with Gasteiger partial charge >= 0.3 is 0 Å². The third kappa shape index (κ3) is 7.92. The van der Waals surface area contributed by atoms with Gasteiger partial charge in [0.1, 0.15) is 11.9 Å². The molecule has 1 aliphatic carbocycles. The maximum absolute atomic E-state index is 13.4. The Morgan fingerprint density at radius 2 is 1.78 bits per heavy atom. The number of anilines is 1. The van der Waals surface area contributed by atoms with Crippen LogP contribution in [0, 0.1) is 12.7 Å². The molecule has 0 unspecified atom stereocenters. The lowest BCUT2D eigenvalue weighted by molar-refractivity contribution is -0.141. The Labute approximate surface area is 224 Å². The van der Waals surface area contributed by atoms with Gasteiger partial charge in [-0.25, -0.2) is 12.8 Å². The van der Waals surface area contributed by atoms with Gasteiger partial charge in [0.05, 0.1) is 11.9 Å². The second kappa shape index (κ2) is 12.7. The molecule has 1 aliphatic rings. The van der Waals surface area contributed by atoms with Gasteiger partial charge in [0.25, 0.3) is 0 Å². The van der Waals surface area contributed by atoms with Crippen LogP contribution in [0.5, 0.6) is 0 Å². The fourth-order valence-electron chi connectivity index (χ4n) is 4.61. The van der Waals surface area contributed by atoms with Gasteiger partial charge in [-0.15, -0.1) is 0 Å². The maximum Gasteiger partial charge on any atom is 0.242 e. The number of benzene rings is 2. The van der Waals surface area contributed by atoms with E-state index in [2.05, 4.69) is 5.32 Å². The summed E-state index contributed by atoms with van der Waals surface area (Å²) in [7, 11) is -3.62. The molecule has 1 N–H and O–H groups in total. The number of amides is 2. The summed E-state index contributed by atoms with van der Waals surface area (Å²) in [6.07, 6.45) is 5.39. The molecule has 1 saturated carbocycles. The smallest absolute Gasteiger partial charge is 0.242 e. The van der Waals surface area contributed by atoms with E-state index in [0.29, 0.717) is 21.8 Å². The predicted octanol–water partition coefficient (Wildman–Crippen LogP) is 4.81. The van der Waals surface area contributed by atoms with Crippen LogP contribution in [0.15, 0.2) is 42.5 Å². The number of rotatable bonds is 11. The van der Waals surface area contributed by atoms with Crippen molar-refractivity contribution in [3.8, 4) is 0 Å². The first-order valence-electron chi connectivity index (χ1n) is 12.5. The van der Waals surface area contributed by atoms with E-state index < -0.39 is 16.1 Å². The van der Waals surface area contributed by atoms with Crippen molar-refractivity contribution in [3.05, 3.63) is 64.4 Å². The van der Waals surface area contributed by atoms with Crippen molar-refractivity contribution in [2.75, 3.05) is 17.1 Å². The number of sulfonamides is 1. The third-order valence-corrected chi connectivity index (χ3v) is 8.38. The van der Waals surface area contributed by atoms with Crippen molar-refractivity contribution in [3.63, 3.8) is 0 Å². The van der Waals surface area contributed by atoms with Crippen LogP contribution >= 0.6 is 11.6 Å². The van der Waals surface area contributed by atoms with E-state index in [9.17, 15) is 22.4 Å². The molecule has 2 amide bonds. The molecule has 0 aliphatic heterocycles. The molecule has 1 fully saturated rings. The Morgan fingerprint density at radius 3 is 2.41 bits per heavy atom. The van der Waals surface area contributed by atoms with E-state index in [-0.39, 0.29) is 49.6 Å². The first kappa shape index (κ1) is 28.9. The lowest BCUT2D eigenvalue weighted by Crippen LogP contribution is -2.49. The second-order valence-electron chi connectivity index (χ2n) is 9.64. The van der Waals surface area contributed by atoms with Crippen LogP contribution in [-0.4, -0.2) is 50.0 Å². The van der Waals surface area contributed by atoms with Crippen LogP contribution in [0.25, 0.3) is 0 Å². The zero-order valence-corrected chi connectivity index (χ0v) is 23.1. The first-order chi connectivity index (χ1) is 17.5. The monoisotopic (exact) mass is 551 g/mol. The highest BCUT2D eigenvalue weighted by molar-refractivity contribution is 7.92. The summed E-state index contributed by atoms with van der Waals surface area (Å²) in [5.74, 6) is -0.893. The Hall–Kier alpha value is -2.65. The summed E-state index contributed by atoms with van der Waals surface area (Å²) in [5, 5.41) is 3.50. The zero-order chi connectivity index (χ0) is 27.2. The SMILES string of the molecule is Cc1c(Cl)cccc1N(CCCC(=O)N(Cc1ccc(F)cc1)[C@H](C)C(=O)NC1CCCC1)S(C)(=O)=O. The molecule has 1 atom stereocenters. The molecule has 7 nitrogen and oxygen atoms in total. The van der Waals surface area contributed by atoms with Gasteiger partial charge in [0.15, 0.2) is 0 Å². The number of carbonyl (C=O) groups is 2. The van der Waals surface area contributed by atoms with Gasteiger partial charge in [0, 0.05) is 30.6 Å². The summed E-state index contributed by atoms with van der Waals surface area (Å²) in [5.41, 5.74) is 1.80. The van der Waals surface area contributed by atoms with Crippen molar-refractivity contribution < 1.29 is 22.4 Å². The van der Waals surface area contributed by atoms with Crippen LogP contribution in [-0.2, 0) is 26.2 Å². The minimum absolute atomic E-state index is 0.0356. The van der Waals surface area contributed by atoms with Crippen molar-refractivity contribution in [1.29, 1.82) is 0 Å². The fourth-order valence-corrected chi connectivity index (χ4v) is 5.80. The number of halogens is 2. The maximum atomic E-state index is 13.4. The average Bonchev–Trinajstić information content (AvgIpc) is 3.35. The highest BCUT2D eigenvalue weighted by Crippen LogP contribution is 2.28. The highest BCUT2D eigenvalue weighted by atomic mass is 35.5. The normalized spacial score (nSPS) is 14.8. The van der Waals surface area contributed by atoms with Gasteiger partial charge in [-0.1, -0.05) is 42.6 Å². The zero-order valence-electron chi connectivity index (χ0n) is 21.5.